The van der Waals surface area contributed by atoms with Crippen molar-refractivity contribution in [3.63, 3.8) is 0 Å². The van der Waals surface area contributed by atoms with E-state index in [1.807, 2.05) is 15.5 Å². The van der Waals surface area contributed by atoms with Gasteiger partial charge in [-0.2, -0.15) is 0 Å². The number of hydrogen-bond acceptors (Lipinski definition) is 4. The molecule has 1 aromatic heterocycles. The lowest BCUT2D eigenvalue weighted by Gasteiger charge is -2.36. The molecule has 148 valence electrons. The van der Waals surface area contributed by atoms with Crippen LogP contribution in [0.2, 0.25) is 0 Å². The summed E-state index contributed by atoms with van der Waals surface area (Å²) >= 11 is 0. The van der Waals surface area contributed by atoms with Crippen LogP contribution in [0.15, 0.2) is 30.2 Å². The molecule has 1 saturated carbocycles. The van der Waals surface area contributed by atoms with Crippen LogP contribution in [0.25, 0.3) is 16.6 Å². The van der Waals surface area contributed by atoms with E-state index >= 15 is 0 Å². The lowest BCUT2D eigenvalue weighted by atomic mass is 10.1. The van der Waals surface area contributed by atoms with E-state index in [1.165, 1.54) is 6.07 Å². The first kappa shape index (κ1) is 17.4. The van der Waals surface area contributed by atoms with E-state index in [-0.39, 0.29) is 32.0 Å². The van der Waals surface area contributed by atoms with E-state index in [9.17, 15) is 17.6 Å². The standard InChI is InChI=1S/C19H19F4N5/c20-13-8-15-16(9-14(13)21)28(12-1-2-12)18(25-15)11-7-17(26-24-10-11)27-5-3-19(22,23)4-6-27/h7-10,12,24,26H,1-6H2. The zero-order valence-corrected chi connectivity index (χ0v) is 15.0. The van der Waals surface area contributed by atoms with Crippen LogP contribution in [0.1, 0.15) is 37.5 Å². The van der Waals surface area contributed by atoms with E-state index in [2.05, 4.69) is 15.8 Å². The monoisotopic (exact) mass is 393 g/mol. The molecule has 0 bridgehead atoms. The van der Waals surface area contributed by atoms with E-state index in [4.69, 9.17) is 0 Å². The van der Waals surface area contributed by atoms with E-state index in [0.29, 0.717) is 22.7 Å². The number of likely N-dealkylation sites (tertiary alicyclic amines) is 1. The van der Waals surface area contributed by atoms with Gasteiger partial charge in [-0.25, -0.2) is 22.5 Å². The van der Waals surface area contributed by atoms with Crippen molar-refractivity contribution in [2.75, 3.05) is 13.1 Å². The largest absolute Gasteiger partial charge is 0.357 e. The summed E-state index contributed by atoms with van der Waals surface area (Å²) in [7, 11) is 0. The first-order valence-electron chi connectivity index (χ1n) is 9.35. The number of piperidine rings is 1. The van der Waals surface area contributed by atoms with Crippen LogP contribution in [0.5, 0.6) is 0 Å². The number of fused-ring (bicyclic) bond motifs is 1. The topological polar surface area (TPSA) is 45.1 Å². The highest BCUT2D eigenvalue weighted by atomic mass is 19.3. The molecule has 2 N–H and O–H groups in total. The molecular formula is C19H19F4N5. The van der Waals surface area contributed by atoms with Gasteiger partial charge in [-0.3, -0.25) is 5.43 Å². The highest BCUT2D eigenvalue weighted by Gasteiger charge is 2.35. The molecule has 0 atom stereocenters. The lowest BCUT2D eigenvalue weighted by molar-refractivity contribution is -0.0502. The van der Waals surface area contributed by atoms with Gasteiger partial charge in [-0.15, -0.1) is 0 Å². The second kappa shape index (κ2) is 6.15. The van der Waals surface area contributed by atoms with Crippen molar-refractivity contribution in [1.29, 1.82) is 0 Å². The Morgan fingerprint density at radius 2 is 1.79 bits per heavy atom. The molecule has 28 heavy (non-hydrogen) atoms. The molecule has 0 amide bonds. The second-order valence-corrected chi connectivity index (χ2v) is 7.53. The van der Waals surface area contributed by atoms with Gasteiger partial charge in [0.1, 0.15) is 11.6 Å². The van der Waals surface area contributed by atoms with Gasteiger partial charge >= 0.3 is 0 Å². The molecule has 2 aromatic rings. The van der Waals surface area contributed by atoms with Crippen LogP contribution in [0.4, 0.5) is 17.6 Å². The summed E-state index contributed by atoms with van der Waals surface area (Å²) in [6, 6.07) is 2.50. The normalized spacial score (nSPS) is 21.8. The fourth-order valence-corrected chi connectivity index (χ4v) is 3.78. The molecule has 3 aliphatic rings. The van der Waals surface area contributed by atoms with Crippen LogP contribution in [0.3, 0.4) is 0 Å². The summed E-state index contributed by atoms with van der Waals surface area (Å²) in [6.45, 7) is 0.493. The Morgan fingerprint density at radius 1 is 1.07 bits per heavy atom. The zero-order chi connectivity index (χ0) is 19.5. The molecule has 5 nitrogen and oxygen atoms in total. The van der Waals surface area contributed by atoms with Gasteiger partial charge in [0.2, 0.25) is 0 Å². The fourth-order valence-electron chi connectivity index (χ4n) is 3.78. The van der Waals surface area contributed by atoms with Gasteiger partial charge in [0.05, 0.1) is 11.0 Å². The zero-order valence-electron chi connectivity index (χ0n) is 15.0. The summed E-state index contributed by atoms with van der Waals surface area (Å²) in [5.74, 6) is -3.16. The van der Waals surface area contributed by atoms with Crippen molar-refractivity contribution in [2.45, 2.75) is 37.6 Å². The van der Waals surface area contributed by atoms with Crippen molar-refractivity contribution < 1.29 is 17.6 Å². The number of benzene rings is 1. The Bertz CT molecular complexity index is 995. The Balaban J connectivity index is 1.52. The maximum absolute atomic E-state index is 13.8. The Morgan fingerprint density at radius 3 is 2.50 bits per heavy atom. The van der Waals surface area contributed by atoms with Crippen molar-refractivity contribution in [1.82, 2.24) is 25.3 Å². The predicted octanol–water partition coefficient (Wildman–Crippen LogP) is 3.67. The van der Waals surface area contributed by atoms with Crippen molar-refractivity contribution in [3.8, 4) is 0 Å². The molecule has 1 saturated heterocycles. The summed E-state index contributed by atoms with van der Waals surface area (Å²) in [6.07, 6.45) is 5.08. The first-order chi connectivity index (χ1) is 13.4. The van der Waals surface area contributed by atoms with Gasteiger partial charge in [0.25, 0.3) is 5.92 Å². The molecule has 1 aromatic carbocycles. The minimum Gasteiger partial charge on any atom is -0.357 e. The SMILES string of the molecule is Fc1cc2nc(C3=CNNC(N4CCC(F)(F)CC4)=C3)n(C3CC3)c2cc1F. The number of hydrogen-bond donors (Lipinski definition) is 2. The van der Waals surface area contributed by atoms with Gasteiger partial charge in [0, 0.05) is 55.9 Å². The summed E-state index contributed by atoms with van der Waals surface area (Å²) in [4.78, 5) is 6.40. The summed E-state index contributed by atoms with van der Waals surface area (Å²) in [5, 5.41) is 0. The Kier molecular flexibility index (Phi) is 3.82. The third-order valence-electron chi connectivity index (χ3n) is 5.46. The maximum atomic E-state index is 13.8. The highest BCUT2D eigenvalue weighted by molar-refractivity contribution is 5.83. The van der Waals surface area contributed by atoms with Crippen molar-refractivity contribution in [3.05, 3.63) is 47.7 Å². The van der Waals surface area contributed by atoms with E-state index < -0.39 is 17.6 Å². The van der Waals surface area contributed by atoms with Crippen LogP contribution in [0, 0.1) is 11.6 Å². The number of nitrogens with zero attached hydrogens (tertiary/aromatic N) is 3. The Labute approximate surface area is 158 Å². The van der Waals surface area contributed by atoms with Crippen LogP contribution < -0.4 is 10.9 Å². The molecular weight excluding hydrogens is 374 g/mol. The number of nitrogens with one attached hydrogen (secondary N) is 2. The number of imidazole rings is 1. The molecule has 2 aliphatic heterocycles. The predicted molar refractivity (Wildman–Crippen MR) is 96.0 cm³/mol. The summed E-state index contributed by atoms with van der Waals surface area (Å²) in [5.41, 5.74) is 7.62. The first-order valence-corrected chi connectivity index (χ1v) is 9.35. The van der Waals surface area contributed by atoms with Crippen molar-refractivity contribution >= 4 is 16.6 Å². The number of halogens is 4. The number of allylic oxidation sites excluding steroid dienone is 2. The minimum atomic E-state index is -2.62. The molecule has 2 fully saturated rings. The van der Waals surface area contributed by atoms with Gasteiger partial charge in [-0.1, -0.05) is 0 Å². The molecule has 0 radical (unpaired) electrons. The molecule has 5 rings (SSSR count). The molecule has 0 spiro atoms. The number of hydrazine groups is 1. The van der Waals surface area contributed by atoms with E-state index in [1.54, 1.807) is 6.20 Å². The van der Waals surface area contributed by atoms with Crippen LogP contribution >= 0.6 is 0 Å². The van der Waals surface area contributed by atoms with Crippen LogP contribution in [-0.2, 0) is 0 Å². The van der Waals surface area contributed by atoms with Crippen molar-refractivity contribution in [2.24, 2.45) is 0 Å². The molecule has 0 unspecified atom stereocenters. The smallest absolute Gasteiger partial charge is 0.251 e. The Hall–Kier alpha value is -2.71. The quantitative estimate of drug-likeness (QED) is 0.782. The summed E-state index contributed by atoms with van der Waals surface area (Å²) < 4.78 is 56.3. The number of aromatic nitrogens is 2. The fraction of sp³-hybridized carbons (Fsp3) is 0.421. The lowest BCUT2D eigenvalue weighted by Crippen LogP contribution is -2.45. The third kappa shape index (κ3) is 2.98. The minimum absolute atomic E-state index is 0.190. The average Bonchev–Trinajstić information content (AvgIpc) is 3.44. The number of alkyl halides is 2. The van der Waals surface area contributed by atoms with E-state index in [0.717, 1.165) is 24.5 Å². The van der Waals surface area contributed by atoms with Gasteiger partial charge in [0.15, 0.2) is 11.6 Å². The van der Waals surface area contributed by atoms with Gasteiger partial charge in [-0.05, 0) is 18.9 Å². The van der Waals surface area contributed by atoms with Crippen LogP contribution in [-0.4, -0.2) is 33.5 Å². The second-order valence-electron chi connectivity index (χ2n) is 7.53. The molecule has 3 heterocycles. The maximum Gasteiger partial charge on any atom is 0.251 e. The van der Waals surface area contributed by atoms with Gasteiger partial charge < -0.3 is 14.9 Å². The average molecular weight is 393 g/mol. The third-order valence-corrected chi connectivity index (χ3v) is 5.46. The highest BCUT2D eigenvalue weighted by Crippen LogP contribution is 2.41. The number of rotatable bonds is 3. The molecule has 9 heteroatoms. The molecule has 1 aliphatic carbocycles.